The Morgan fingerprint density at radius 1 is 0.882 bits per heavy atom. The van der Waals surface area contributed by atoms with Crippen LogP contribution in [-0.4, -0.2) is 53.4 Å². The van der Waals surface area contributed by atoms with Crippen molar-refractivity contribution in [2.45, 2.75) is 6.92 Å². The summed E-state index contributed by atoms with van der Waals surface area (Å²) >= 11 is 0. The minimum absolute atomic E-state index is 0.0907. The molecule has 1 aliphatic rings. The number of carbonyl (C=O) groups excluding carboxylic acids is 1. The Bertz CT molecular complexity index is 1320. The highest BCUT2D eigenvalue weighted by atomic mass is 16.2. The van der Waals surface area contributed by atoms with E-state index in [-0.39, 0.29) is 5.91 Å². The van der Waals surface area contributed by atoms with E-state index < -0.39 is 0 Å². The number of nitrogens with zero attached hydrogens (tertiary/aromatic N) is 3. The number of hydrogen-bond donors (Lipinski definition) is 0. The van der Waals surface area contributed by atoms with Gasteiger partial charge < -0.3 is 4.90 Å². The topological polar surface area (TPSA) is 36.4 Å². The van der Waals surface area contributed by atoms with Gasteiger partial charge in [0.1, 0.15) is 0 Å². The van der Waals surface area contributed by atoms with Crippen LogP contribution in [0.2, 0.25) is 0 Å². The number of hydrogen-bond acceptors (Lipinski definition) is 3. The fourth-order valence-electron chi connectivity index (χ4n) is 4.56. The summed E-state index contributed by atoms with van der Waals surface area (Å²) in [4.78, 5) is 22.9. The molecule has 4 nitrogen and oxygen atoms in total. The fraction of sp³-hybridized carbons (Fsp3) is 0.200. The molecule has 34 heavy (non-hydrogen) atoms. The molecule has 0 unspecified atom stereocenters. The van der Waals surface area contributed by atoms with Crippen molar-refractivity contribution in [1.29, 1.82) is 0 Å². The predicted molar refractivity (Wildman–Crippen MR) is 140 cm³/mol. The summed E-state index contributed by atoms with van der Waals surface area (Å²) in [6.45, 7) is 6.19. The normalized spacial score (nSPS) is 14.7. The van der Waals surface area contributed by atoms with Crippen molar-refractivity contribution in [3.05, 3.63) is 108 Å². The first-order valence-electron chi connectivity index (χ1n) is 11.9. The molecule has 0 spiro atoms. The Morgan fingerprint density at radius 3 is 2.38 bits per heavy atom. The maximum Gasteiger partial charge on any atom is 0.254 e. The minimum Gasteiger partial charge on any atom is -0.336 e. The fourth-order valence-corrected chi connectivity index (χ4v) is 4.56. The molecule has 1 amide bonds. The lowest BCUT2D eigenvalue weighted by molar-refractivity contribution is 0.0652. The highest BCUT2D eigenvalue weighted by Crippen LogP contribution is 2.28. The lowest BCUT2D eigenvalue weighted by Gasteiger charge is -2.34. The largest absolute Gasteiger partial charge is 0.336 e. The van der Waals surface area contributed by atoms with E-state index >= 15 is 0 Å². The molecule has 0 saturated carbocycles. The van der Waals surface area contributed by atoms with Crippen LogP contribution >= 0.6 is 0 Å². The Morgan fingerprint density at radius 2 is 1.59 bits per heavy atom. The van der Waals surface area contributed by atoms with Crippen molar-refractivity contribution in [1.82, 2.24) is 14.8 Å². The summed E-state index contributed by atoms with van der Waals surface area (Å²) in [5.41, 5.74) is 5.88. The van der Waals surface area contributed by atoms with Crippen LogP contribution in [0.15, 0.2) is 91.0 Å². The molecular formula is C30H29N3O. The standard InChI is InChI=1S/C30H29N3O/c1-23-10-5-6-14-25(23)29-22-27(26-15-7-8-16-28(26)31-29)30(34)33-20-18-32(19-21-33)17-9-13-24-11-3-2-4-12-24/h2-16,22H,17-21H2,1H3/b13-9-. The van der Waals surface area contributed by atoms with Gasteiger partial charge in [-0.3, -0.25) is 9.69 Å². The third-order valence-corrected chi connectivity index (χ3v) is 6.50. The maximum atomic E-state index is 13.7. The van der Waals surface area contributed by atoms with Crippen molar-refractivity contribution in [3.63, 3.8) is 0 Å². The zero-order chi connectivity index (χ0) is 23.3. The van der Waals surface area contributed by atoms with Crippen LogP contribution in [0, 0.1) is 6.92 Å². The predicted octanol–water partition coefficient (Wildman–Crippen LogP) is 5.68. The average molecular weight is 448 g/mol. The lowest BCUT2D eigenvalue weighted by atomic mass is 10.0. The van der Waals surface area contributed by atoms with Crippen LogP contribution in [0.4, 0.5) is 0 Å². The summed E-state index contributed by atoms with van der Waals surface area (Å²) < 4.78 is 0. The number of amides is 1. The van der Waals surface area contributed by atoms with Crippen molar-refractivity contribution in [2.75, 3.05) is 32.7 Å². The number of carbonyl (C=O) groups is 1. The summed E-state index contributed by atoms with van der Waals surface area (Å²) in [7, 11) is 0. The van der Waals surface area contributed by atoms with Crippen molar-refractivity contribution < 1.29 is 4.79 Å². The average Bonchev–Trinajstić information content (AvgIpc) is 2.89. The number of pyridine rings is 1. The van der Waals surface area contributed by atoms with Gasteiger partial charge in [-0.25, -0.2) is 4.98 Å². The molecule has 0 N–H and O–H groups in total. The van der Waals surface area contributed by atoms with E-state index in [1.807, 2.05) is 53.4 Å². The second kappa shape index (κ2) is 10.0. The molecule has 4 aromatic rings. The third-order valence-electron chi connectivity index (χ3n) is 6.50. The van der Waals surface area contributed by atoms with E-state index in [0.29, 0.717) is 0 Å². The molecule has 4 heteroatoms. The summed E-state index contributed by atoms with van der Waals surface area (Å²) in [6, 6.07) is 28.5. The SMILES string of the molecule is Cc1ccccc1-c1cc(C(=O)N2CCN(C/C=C\c3ccccc3)CC2)c2ccccc2n1. The molecular weight excluding hydrogens is 418 g/mol. The highest BCUT2D eigenvalue weighted by Gasteiger charge is 2.24. The number of fused-ring (bicyclic) bond motifs is 1. The smallest absolute Gasteiger partial charge is 0.254 e. The Labute approximate surface area is 201 Å². The molecule has 2 heterocycles. The molecule has 0 radical (unpaired) electrons. The number of piperazine rings is 1. The van der Waals surface area contributed by atoms with Gasteiger partial charge in [-0.05, 0) is 30.2 Å². The van der Waals surface area contributed by atoms with Gasteiger partial charge >= 0.3 is 0 Å². The van der Waals surface area contributed by atoms with Crippen LogP contribution in [-0.2, 0) is 0 Å². The van der Waals surface area contributed by atoms with Crippen LogP contribution in [0.25, 0.3) is 28.2 Å². The van der Waals surface area contributed by atoms with E-state index in [2.05, 4.69) is 60.4 Å². The van der Waals surface area contributed by atoms with Gasteiger partial charge in [-0.1, -0.05) is 84.9 Å². The van der Waals surface area contributed by atoms with Gasteiger partial charge in [0.25, 0.3) is 5.91 Å². The molecule has 1 fully saturated rings. The highest BCUT2D eigenvalue weighted by molar-refractivity contribution is 6.07. The molecule has 0 aliphatic carbocycles. The summed E-state index contributed by atoms with van der Waals surface area (Å²) in [5, 5.41) is 0.915. The lowest BCUT2D eigenvalue weighted by Crippen LogP contribution is -2.48. The number of para-hydroxylation sites is 1. The zero-order valence-corrected chi connectivity index (χ0v) is 19.5. The van der Waals surface area contributed by atoms with Crippen molar-refractivity contribution in [2.24, 2.45) is 0 Å². The maximum absolute atomic E-state index is 13.7. The van der Waals surface area contributed by atoms with E-state index in [1.54, 1.807) is 0 Å². The second-order valence-electron chi connectivity index (χ2n) is 8.79. The molecule has 170 valence electrons. The van der Waals surface area contributed by atoms with E-state index in [1.165, 1.54) is 5.56 Å². The first kappa shape index (κ1) is 22.1. The van der Waals surface area contributed by atoms with E-state index in [4.69, 9.17) is 4.98 Å². The summed E-state index contributed by atoms with van der Waals surface area (Å²) in [6.07, 6.45) is 4.37. The van der Waals surface area contributed by atoms with Gasteiger partial charge in [0.2, 0.25) is 0 Å². The Kier molecular flexibility index (Phi) is 6.50. The minimum atomic E-state index is 0.0907. The molecule has 1 saturated heterocycles. The first-order valence-corrected chi connectivity index (χ1v) is 11.9. The first-order chi connectivity index (χ1) is 16.7. The Balaban J connectivity index is 1.33. The van der Waals surface area contributed by atoms with Gasteiger partial charge in [0.15, 0.2) is 0 Å². The van der Waals surface area contributed by atoms with Crippen LogP contribution in [0.1, 0.15) is 21.5 Å². The Hall–Kier alpha value is -3.76. The van der Waals surface area contributed by atoms with Gasteiger partial charge in [0, 0.05) is 43.7 Å². The third kappa shape index (κ3) is 4.78. The number of aromatic nitrogens is 1. The molecule has 3 aromatic carbocycles. The van der Waals surface area contributed by atoms with Gasteiger partial charge in [-0.2, -0.15) is 0 Å². The van der Waals surface area contributed by atoms with Crippen molar-refractivity contribution >= 4 is 22.9 Å². The van der Waals surface area contributed by atoms with Crippen LogP contribution in [0.5, 0.6) is 0 Å². The van der Waals surface area contributed by atoms with Crippen molar-refractivity contribution in [3.8, 4) is 11.3 Å². The quantitative estimate of drug-likeness (QED) is 0.395. The molecule has 1 aromatic heterocycles. The number of aryl methyl sites for hydroxylation is 1. The monoisotopic (exact) mass is 447 g/mol. The second-order valence-corrected chi connectivity index (χ2v) is 8.79. The van der Waals surface area contributed by atoms with Crippen LogP contribution in [0.3, 0.4) is 0 Å². The molecule has 1 aliphatic heterocycles. The van der Waals surface area contributed by atoms with Gasteiger partial charge in [-0.15, -0.1) is 0 Å². The van der Waals surface area contributed by atoms with Gasteiger partial charge in [0.05, 0.1) is 16.8 Å². The molecule has 0 atom stereocenters. The number of rotatable bonds is 5. The molecule has 5 rings (SSSR count). The zero-order valence-electron chi connectivity index (χ0n) is 19.5. The number of benzene rings is 3. The van der Waals surface area contributed by atoms with E-state index in [0.717, 1.165) is 66.0 Å². The molecule has 0 bridgehead atoms. The summed E-state index contributed by atoms with van der Waals surface area (Å²) in [5.74, 6) is 0.0907. The van der Waals surface area contributed by atoms with Crippen LogP contribution < -0.4 is 0 Å². The van der Waals surface area contributed by atoms with E-state index in [9.17, 15) is 4.79 Å².